The first-order chi connectivity index (χ1) is 10.1. The van der Waals surface area contributed by atoms with E-state index < -0.39 is 0 Å². The summed E-state index contributed by atoms with van der Waals surface area (Å²) in [6, 6.07) is 8.93. The number of hydrogen-bond acceptors (Lipinski definition) is 3. The number of thiophene rings is 1. The number of hydrogen-bond donors (Lipinski definition) is 1. The van der Waals surface area contributed by atoms with Crippen molar-refractivity contribution in [1.29, 1.82) is 0 Å². The Hall–Kier alpha value is -1.80. The predicted octanol–water partition coefficient (Wildman–Crippen LogP) is 3.02. The quantitative estimate of drug-likeness (QED) is 0.883. The molecule has 2 aromatic rings. The summed E-state index contributed by atoms with van der Waals surface area (Å²) in [7, 11) is 1.74. The van der Waals surface area contributed by atoms with Crippen LogP contribution < -0.4 is 0 Å². The third kappa shape index (κ3) is 4.08. The molecule has 0 aliphatic rings. The van der Waals surface area contributed by atoms with Crippen LogP contribution in [0.2, 0.25) is 5.02 Å². The summed E-state index contributed by atoms with van der Waals surface area (Å²) in [5.74, 6) is 5.34. The van der Waals surface area contributed by atoms with Gasteiger partial charge in [0, 0.05) is 13.6 Å². The van der Waals surface area contributed by atoms with Crippen molar-refractivity contribution in [2.24, 2.45) is 0 Å². The molecule has 5 heteroatoms. The van der Waals surface area contributed by atoms with Gasteiger partial charge in [0.15, 0.2) is 0 Å². The third-order valence-electron chi connectivity index (χ3n) is 2.82. The van der Waals surface area contributed by atoms with Gasteiger partial charge < -0.3 is 10.0 Å². The summed E-state index contributed by atoms with van der Waals surface area (Å²) >= 11 is 7.53. The number of benzene rings is 1. The van der Waals surface area contributed by atoms with Crippen LogP contribution in [-0.2, 0) is 6.54 Å². The maximum Gasteiger partial charge on any atom is 0.255 e. The van der Waals surface area contributed by atoms with Crippen molar-refractivity contribution in [2.75, 3.05) is 13.7 Å². The first-order valence-electron chi connectivity index (χ1n) is 6.29. The molecule has 2 rings (SSSR count). The molecule has 0 atom stereocenters. The van der Waals surface area contributed by atoms with Crippen LogP contribution in [0.3, 0.4) is 0 Å². The van der Waals surface area contributed by atoms with E-state index in [0.29, 0.717) is 17.1 Å². The molecule has 0 unspecified atom stereocenters. The second-order valence-corrected chi connectivity index (χ2v) is 5.74. The van der Waals surface area contributed by atoms with E-state index in [1.54, 1.807) is 36.2 Å². The summed E-state index contributed by atoms with van der Waals surface area (Å²) in [4.78, 5) is 14.8. The van der Waals surface area contributed by atoms with E-state index in [-0.39, 0.29) is 12.5 Å². The van der Waals surface area contributed by atoms with Gasteiger partial charge in [-0.25, -0.2) is 0 Å². The fraction of sp³-hybridized carbons (Fsp3) is 0.188. The van der Waals surface area contributed by atoms with E-state index >= 15 is 0 Å². The Morgan fingerprint density at radius 1 is 1.43 bits per heavy atom. The number of aliphatic hydroxyl groups excluding tert-OH is 1. The van der Waals surface area contributed by atoms with Gasteiger partial charge in [-0.1, -0.05) is 35.6 Å². The normalized spacial score (nSPS) is 9.86. The standard InChI is InChI=1S/C16H14ClNO2S/c1-18(16(20)14-6-2-3-7-15(14)17)10-12-9-13(21-11-12)5-4-8-19/h2-3,6-7,9,11,19H,8,10H2,1H3. The molecule has 0 aliphatic heterocycles. The highest BCUT2D eigenvalue weighted by atomic mass is 35.5. The van der Waals surface area contributed by atoms with Crippen LogP contribution in [0.1, 0.15) is 20.8 Å². The van der Waals surface area contributed by atoms with Crippen molar-refractivity contribution in [3.8, 4) is 11.8 Å². The third-order valence-corrected chi connectivity index (χ3v) is 4.04. The zero-order valence-corrected chi connectivity index (χ0v) is 13.0. The number of nitrogens with zero attached hydrogens (tertiary/aromatic N) is 1. The van der Waals surface area contributed by atoms with Crippen LogP contribution in [-0.4, -0.2) is 29.6 Å². The molecule has 0 bridgehead atoms. The topological polar surface area (TPSA) is 40.5 Å². The van der Waals surface area contributed by atoms with Gasteiger partial charge in [-0.3, -0.25) is 4.79 Å². The van der Waals surface area contributed by atoms with Gasteiger partial charge in [0.05, 0.1) is 15.5 Å². The van der Waals surface area contributed by atoms with E-state index in [2.05, 4.69) is 11.8 Å². The lowest BCUT2D eigenvalue weighted by atomic mass is 10.2. The summed E-state index contributed by atoms with van der Waals surface area (Å²) in [5, 5.41) is 11.1. The molecular formula is C16H14ClNO2S. The number of amides is 1. The van der Waals surface area contributed by atoms with Crippen LogP contribution in [0.25, 0.3) is 0 Å². The summed E-state index contributed by atoms with van der Waals surface area (Å²) in [6.45, 7) is 0.333. The Morgan fingerprint density at radius 3 is 2.90 bits per heavy atom. The highest BCUT2D eigenvalue weighted by Gasteiger charge is 2.15. The van der Waals surface area contributed by atoms with E-state index in [1.807, 2.05) is 11.4 Å². The van der Waals surface area contributed by atoms with Crippen LogP contribution in [0.4, 0.5) is 0 Å². The van der Waals surface area contributed by atoms with Gasteiger partial charge in [0.2, 0.25) is 0 Å². The maximum atomic E-state index is 12.3. The maximum absolute atomic E-state index is 12.3. The Labute approximate surface area is 132 Å². The smallest absolute Gasteiger partial charge is 0.255 e. The monoisotopic (exact) mass is 319 g/mol. The molecule has 1 aromatic carbocycles. The van der Waals surface area contributed by atoms with Crippen molar-refractivity contribution >= 4 is 28.8 Å². The summed E-state index contributed by atoms with van der Waals surface area (Å²) in [5.41, 5.74) is 1.50. The minimum Gasteiger partial charge on any atom is -0.384 e. The zero-order valence-electron chi connectivity index (χ0n) is 11.5. The van der Waals surface area contributed by atoms with Crippen LogP contribution >= 0.6 is 22.9 Å². The van der Waals surface area contributed by atoms with Crippen molar-refractivity contribution in [2.45, 2.75) is 6.54 Å². The molecule has 0 radical (unpaired) electrons. The molecular weight excluding hydrogens is 306 g/mol. The highest BCUT2D eigenvalue weighted by Crippen LogP contribution is 2.19. The van der Waals surface area contributed by atoms with E-state index in [0.717, 1.165) is 10.4 Å². The Balaban J connectivity index is 2.07. The minimum absolute atomic E-state index is 0.116. The molecule has 0 fully saturated rings. The average Bonchev–Trinajstić information content (AvgIpc) is 2.92. The SMILES string of the molecule is CN(Cc1csc(C#CCO)c1)C(=O)c1ccccc1Cl. The number of rotatable bonds is 3. The van der Waals surface area contributed by atoms with E-state index in [4.69, 9.17) is 16.7 Å². The Morgan fingerprint density at radius 2 is 2.19 bits per heavy atom. The number of carbonyl (C=O) groups excluding carboxylic acids is 1. The van der Waals surface area contributed by atoms with Gasteiger partial charge in [-0.15, -0.1) is 11.3 Å². The minimum atomic E-state index is -0.155. The zero-order chi connectivity index (χ0) is 15.2. The number of carbonyl (C=O) groups is 1. The second kappa shape index (κ2) is 7.28. The summed E-state index contributed by atoms with van der Waals surface area (Å²) in [6.07, 6.45) is 0. The van der Waals surface area contributed by atoms with Crippen LogP contribution in [0.15, 0.2) is 35.7 Å². The molecule has 108 valence electrons. The van der Waals surface area contributed by atoms with Gasteiger partial charge in [0.1, 0.15) is 6.61 Å². The number of halogens is 1. The fourth-order valence-corrected chi connectivity index (χ4v) is 2.82. The predicted molar refractivity (Wildman–Crippen MR) is 85.5 cm³/mol. The molecule has 3 nitrogen and oxygen atoms in total. The second-order valence-electron chi connectivity index (χ2n) is 4.42. The first-order valence-corrected chi connectivity index (χ1v) is 7.54. The number of aliphatic hydroxyl groups is 1. The molecule has 1 amide bonds. The molecule has 1 heterocycles. The van der Waals surface area contributed by atoms with Crippen LogP contribution in [0.5, 0.6) is 0 Å². The van der Waals surface area contributed by atoms with Gasteiger partial charge in [0.25, 0.3) is 5.91 Å². The highest BCUT2D eigenvalue weighted by molar-refractivity contribution is 7.10. The first kappa shape index (κ1) is 15.6. The molecule has 21 heavy (non-hydrogen) atoms. The van der Waals surface area contributed by atoms with Gasteiger partial charge in [-0.05, 0) is 29.1 Å². The lowest BCUT2D eigenvalue weighted by Crippen LogP contribution is -2.26. The average molecular weight is 320 g/mol. The van der Waals surface area contributed by atoms with Crippen molar-refractivity contribution in [3.05, 3.63) is 56.7 Å². The Bertz CT molecular complexity index is 700. The van der Waals surface area contributed by atoms with Gasteiger partial charge >= 0.3 is 0 Å². The molecule has 0 saturated heterocycles. The van der Waals surface area contributed by atoms with Crippen LogP contribution in [0, 0.1) is 11.8 Å². The van der Waals surface area contributed by atoms with Gasteiger partial charge in [-0.2, -0.15) is 0 Å². The Kier molecular flexibility index (Phi) is 5.40. The van der Waals surface area contributed by atoms with Crippen molar-refractivity contribution < 1.29 is 9.90 Å². The molecule has 0 aliphatic carbocycles. The van der Waals surface area contributed by atoms with E-state index in [9.17, 15) is 4.79 Å². The molecule has 0 spiro atoms. The van der Waals surface area contributed by atoms with E-state index in [1.165, 1.54) is 11.3 Å². The lowest BCUT2D eigenvalue weighted by Gasteiger charge is -2.17. The van der Waals surface area contributed by atoms with Crippen molar-refractivity contribution in [3.63, 3.8) is 0 Å². The molecule has 0 saturated carbocycles. The lowest BCUT2D eigenvalue weighted by molar-refractivity contribution is 0.0785. The fourth-order valence-electron chi connectivity index (χ4n) is 1.84. The van der Waals surface area contributed by atoms with Crippen molar-refractivity contribution in [1.82, 2.24) is 4.90 Å². The largest absolute Gasteiger partial charge is 0.384 e. The molecule has 1 N–H and O–H groups in total. The summed E-state index contributed by atoms with van der Waals surface area (Å²) < 4.78 is 0. The molecule has 1 aromatic heterocycles.